The van der Waals surface area contributed by atoms with E-state index >= 15 is 0 Å². The van der Waals surface area contributed by atoms with Crippen LogP contribution >= 0.6 is 0 Å². The minimum absolute atomic E-state index is 0.0183. The van der Waals surface area contributed by atoms with Crippen LogP contribution in [0.25, 0.3) is 28.1 Å². The molecule has 3 aromatic rings. The summed E-state index contributed by atoms with van der Waals surface area (Å²) in [7, 11) is 0. The summed E-state index contributed by atoms with van der Waals surface area (Å²) >= 11 is 0. The molecule has 5 N–H and O–H groups in total. The van der Waals surface area contributed by atoms with Crippen LogP contribution in [-0.2, 0) is 0 Å². The Bertz CT molecular complexity index is 1780. The first-order chi connectivity index (χ1) is 19.3. The van der Waals surface area contributed by atoms with Gasteiger partial charge in [0.25, 0.3) is 11.4 Å². The molecule has 1 aliphatic heterocycles. The number of guanidine groups is 1. The summed E-state index contributed by atoms with van der Waals surface area (Å²) in [6.07, 6.45) is 0. The summed E-state index contributed by atoms with van der Waals surface area (Å²) in [5.41, 5.74) is 10.1. The molecule has 0 saturated heterocycles. The number of para-hydroxylation sites is 2. The predicted molar refractivity (Wildman–Crippen MR) is 151 cm³/mol. The molecule has 13 nitrogen and oxygen atoms in total. The SMILES string of the molecule is N=C(N)NCC/N=c1\cc2n(-c3ccc([N+](=O)[O-])cc3)c3ccccc3nc-2cc1Nc1ccc([N+](=O)[O-])cc1. The number of anilines is 2. The molecule has 0 bridgehead atoms. The number of nitro groups is 2. The van der Waals surface area contributed by atoms with Gasteiger partial charge in [-0.3, -0.25) is 30.6 Å². The number of nitrogens with one attached hydrogen (secondary N) is 3. The van der Waals surface area contributed by atoms with Crippen molar-refractivity contribution in [1.29, 1.82) is 5.41 Å². The third-order valence-corrected chi connectivity index (χ3v) is 6.08. The van der Waals surface area contributed by atoms with Crippen molar-refractivity contribution in [2.45, 2.75) is 0 Å². The molecular weight excluding hydrogens is 514 g/mol. The molecule has 0 radical (unpaired) electrons. The van der Waals surface area contributed by atoms with Crippen molar-refractivity contribution in [3.05, 3.63) is 111 Å². The van der Waals surface area contributed by atoms with E-state index in [1.807, 2.05) is 41.0 Å². The Balaban J connectivity index is 1.70. The number of hydrogen-bond donors (Lipinski definition) is 4. The van der Waals surface area contributed by atoms with Gasteiger partial charge in [-0.1, -0.05) is 12.1 Å². The summed E-state index contributed by atoms with van der Waals surface area (Å²) in [6, 6.07) is 23.6. The van der Waals surface area contributed by atoms with Gasteiger partial charge in [0.05, 0.1) is 49.9 Å². The number of nitrogens with two attached hydrogens (primary N) is 1. The zero-order chi connectivity index (χ0) is 28.2. The highest BCUT2D eigenvalue weighted by Gasteiger charge is 2.17. The fraction of sp³-hybridized carbons (Fsp3) is 0.0741. The van der Waals surface area contributed by atoms with Gasteiger partial charge in [0.15, 0.2) is 5.96 Å². The van der Waals surface area contributed by atoms with Crippen molar-refractivity contribution in [2.24, 2.45) is 10.7 Å². The topological polar surface area (TPSA) is 190 Å². The normalized spacial score (nSPS) is 11.4. The van der Waals surface area contributed by atoms with Crippen LogP contribution in [0.1, 0.15) is 0 Å². The number of nitrogens with zero attached hydrogens (tertiary/aromatic N) is 5. The van der Waals surface area contributed by atoms with Crippen LogP contribution in [0.15, 0.2) is 89.9 Å². The predicted octanol–water partition coefficient (Wildman–Crippen LogP) is 4.07. The Morgan fingerprint density at radius 3 is 2.25 bits per heavy atom. The fourth-order valence-corrected chi connectivity index (χ4v) is 4.26. The maximum Gasteiger partial charge on any atom is 0.269 e. The van der Waals surface area contributed by atoms with Crippen LogP contribution in [0.2, 0.25) is 0 Å². The second-order valence-corrected chi connectivity index (χ2v) is 8.72. The first kappa shape index (κ1) is 25.8. The molecular formula is C27H23N9O4. The van der Waals surface area contributed by atoms with Gasteiger partial charge in [-0.25, -0.2) is 4.98 Å². The van der Waals surface area contributed by atoms with E-state index in [1.54, 1.807) is 24.3 Å². The average Bonchev–Trinajstić information content (AvgIpc) is 2.94. The smallest absolute Gasteiger partial charge is 0.269 e. The number of fused-ring (bicyclic) bond motifs is 2. The van der Waals surface area contributed by atoms with Gasteiger partial charge in [-0.15, -0.1) is 0 Å². The Morgan fingerprint density at radius 1 is 0.950 bits per heavy atom. The molecule has 200 valence electrons. The lowest BCUT2D eigenvalue weighted by Crippen LogP contribution is -2.32. The van der Waals surface area contributed by atoms with E-state index in [9.17, 15) is 20.2 Å². The lowest BCUT2D eigenvalue weighted by molar-refractivity contribution is -0.385. The largest absolute Gasteiger partial charge is 0.370 e. The van der Waals surface area contributed by atoms with Gasteiger partial charge >= 0.3 is 0 Å². The summed E-state index contributed by atoms with van der Waals surface area (Å²) in [6.45, 7) is 0.640. The molecule has 0 fully saturated rings. The number of rotatable bonds is 8. The number of aromatic nitrogens is 2. The highest BCUT2D eigenvalue weighted by molar-refractivity contribution is 5.84. The van der Waals surface area contributed by atoms with Crippen molar-refractivity contribution >= 4 is 39.7 Å². The number of benzene rings is 4. The molecule has 1 aliphatic carbocycles. The molecule has 2 aliphatic rings. The van der Waals surface area contributed by atoms with Crippen LogP contribution in [0.4, 0.5) is 22.7 Å². The monoisotopic (exact) mass is 537 g/mol. The van der Waals surface area contributed by atoms with Crippen molar-refractivity contribution in [2.75, 3.05) is 18.4 Å². The standard InChI is InChI=1S/C27H23N9O4/c28-27(29)31-14-13-30-22-16-26-24(15-23(22)32-17-5-7-19(8-6-17)35(37)38)33-21-3-1-2-4-25(21)34(26)18-9-11-20(12-10-18)36(39)40/h1-12,15-16,32H,13-14H2,(H4,28,29,31)/b30-22+. The summed E-state index contributed by atoms with van der Waals surface area (Å²) in [4.78, 5) is 31.0. The van der Waals surface area contributed by atoms with Crippen molar-refractivity contribution in [1.82, 2.24) is 14.9 Å². The molecule has 3 aromatic carbocycles. The quantitative estimate of drug-likeness (QED) is 0.0568. The third kappa shape index (κ3) is 5.38. The first-order valence-electron chi connectivity index (χ1n) is 12.1. The molecule has 0 saturated carbocycles. The van der Waals surface area contributed by atoms with Crippen LogP contribution in [-0.4, -0.2) is 38.4 Å². The maximum absolute atomic E-state index is 11.2. The van der Waals surface area contributed by atoms with Gasteiger partial charge in [-0.2, -0.15) is 0 Å². The van der Waals surface area contributed by atoms with E-state index in [0.29, 0.717) is 52.4 Å². The molecule has 0 aromatic heterocycles. The van der Waals surface area contributed by atoms with Gasteiger partial charge in [0, 0.05) is 42.2 Å². The Kier molecular flexibility index (Phi) is 7.01. The highest BCUT2D eigenvalue weighted by atomic mass is 16.6. The van der Waals surface area contributed by atoms with Crippen LogP contribution in [0.5, 0.6) is 0 Å². The molecule has 0 atom stereocenters. The van der Waals surface area contributed by atoms with E-state index in [4.69, 9.17) is 21.1 Å². The second-order valence-electron chi connectivity index (χ2n) is 8.72. The first-order valence-corrected chi connectivity index (χ1v) is 12.1. The van der Waals surface area contributed by atoms with E-state index in [2.05, 4.69) is 10.6 Å². The minimum atomic E-state index is -0.464. The van der Waals surface area contributed by atoms with Gasteiger partial charge in [-0.05, 0) is 48.5 Å². The van der Waals surface area contributed by atoms with Crippen LogP contribution in [0.3, 0.4) is 0 Å². The fourth-order valence-electron chi connectivity index (χ4n) is 4.26. The summed E-state index contributed by atoms with van der Waals surface area (Å²) < 4.78 is 1.96. The van der Waals surface area contributed by atoms with Gasteiger partial charge in [0.1, 0.15) is 0 Å². The molecule has 1 heterocycles. The average molecular weight is 538 g/mol. The maximum atomic E-state index is 11.2. The minimum Gasteiger partial charge on any atom is -0.370 e. The number of non-ortho nitro benzene ring substituents is 2. The number of nitro benzene ring substituents is 2. The third-order valence-electron chi connectivity index (χ3n) is 6.08. The Hall–Kier alpha value is -5.85. The zero-order valence-electron chi connectivity index (χ0n) is 20.9. The molecule has 5 rings (SSSR count). The molecule has 0 spiro atoms. The highest BCUT2D eigenvalue weighted by Crippen LogP contribution is 2.31. The number of hydrogen-bond acceptors (Lipinski definition) is 8. The van der Waals surface area contributed by atoms with Crippen molar-refractivity contribution in [3.63, 3.8) is 0 Å². The molecule has 40 heavy (non-hydrogen) atoms. The zero-order valence-corrected chi connectivity index (χ0v) is 20.9. The van der Waals surface area contributed by atoms with Crippen molar-refractivity contribution in [3.8, 4) is 17.1 Å². The van der Waals surface area contributed by atoms with E-state index in [0.717, 1.165) is 5.52 Å². The van der Waals surface area contributed by atoms with Crippen molar-refractivity contribution < 1.29 is 9.85 Å². The lowest BCUT2D eigenvalue weighted by Gasteiger charge is -2.20. The van der Waals surface area contributed by atoms with E-state index < -0.39 is 9.85 Å². The lowest BCUT2D eigenvalue weighted by atomic mass is 10.1. The van der Waals surface area contributed by atoms with Crippen LogP contribution in [0, 0.1) is 25.6 Å². The van der Waals surface area contributed by atoms with E-state index in [1.165, 1.54) is 24.3 Å². The van der Waals surface area contributed by atoms with E-state index in [-0.39, 0.29) is 17.3 Å². The molecule has 13 heteroatoms. The molecule has 0 unspecified atom stereocenters. The van der Waals surface area contributed by atoms with Crippen LogP contribution < -0.4 is 21.7 Å². The summed E-state index contributed by atoms with van der Waals surface area (Å²) in [5.74, 6) is -0.162. The Labute approximate surface area is 226 Å². The Morgan fingerprint density at radius 2 is 1.60 bits per heavy atom. The summed E-state index contributed by atoms with van der Waals surface area (Å²) in [5, 5.41) is 36.3. The second kappa shape index (κ2) is 10.9. The molecule has 0 amide bonds. The van der Waals surface area contributed by atoms with Gasteiger partial charge in [0.2, 0.25) is 0 Å². The van der Waals surface area contributed by atoms with Gasteiger partial charge < -0.3 is 20.9 Å².